The van der Waals surface area contributed by atoms with Gasteiger partial charge >= 0.3 is 5.97 Å². The standard InChI is InChI=1S/C13H16O4/c14-11(8-12(15)9-13(16)17)7-6-10-4-2-1-3-5-10/h1-7,11-12,14-15H,8-9H2,(H,16,17)/b7-6+/t11-,12-/m0/s1. The third kappa shape index (κ3) is 5.85. The maximum atomic E-state index is 10.3. The highest BCUT2D eigenvalue weighted by molar-refractivity contribution is 5.67. The monoisotopic (exact) mass is 236 g/mol. The molecule has 17 heavy (non-hydrogen) atoms. The van der Waals surface area contributed by atoms with Crippen LogP contribution in [0.1, 0.15) is 18.4 Å². The Bertz CT molecular complexity index is 372. The first kappa shape index (κ1) is 13.4. The average molecular weight is 236 g/mol. The summed E-state index contributed by atoms with van der Waals surface area (Å²) in [6.07, 6.45) is 1.08. The van der Waals surface area contributed by atoms with Crippen LogP contribution in [0.5, 0.6) is 0 Å². The number of aliphatic carboxylic acids is 1. The summed E-state index contributed by atoms with van der Waals surface area (Å²) in [4.78, 5) is 10.3. The lowest BCUT2D eigenvalue weighted by molar-refractivity contribution is -0.139. The van der Waals surface area contributed by atoms with Gasteiger partial charge < -0.3 is 15.3 Å². The SMILES string of the molecule is O=C(O)C[C@@H](O)C[C@@H](O)/C=C/c1ccccc1. The molecule has 1 rings (SSSR count). The Kier molecular flexibility index (Phi) is 5.39. The van der Waals surface area contributed by atoms with E-state index in [0.717, 1.165) is 5.56 Å². The van der Waals surface area contributed by atoms with E-state index >= 15 is 0 Å². The molecule has 0 saturated heterocycles. The number of hydrogen-bond acceptors (Lipinski definition) is 3. The van der Waals surface area contributed by atoms with Crippen molar-refractivity contribution in [3.63, 3.8) is 0 Å². The molecule has 0 amide bonds. The van der Waals surface area contributed by atoms with E-state index in [1.54, 1.807) is 12.2 Å². The number of rotatable bonds is 6. The molecule has 0 saturated carbocycles. The van der Waals surface area contributed by atoms with Gasteiger partial charge in [0, 0.05) is 6.42 Å². The second-order valence-electron chi connectivity index (χ2n) is 3.82. The van der Waals surface area contributed by atoms with Gasteiger partial charge in [-0.15, -0.1) is 0 Å². The predicted molar refractivity (Wildman–Crippen MR) is 64.4 cm³/mol. The van der Waals surface area contributed by atoms with Crippen LogP contribution in [0.4, 0.5) is 0 Å². The normalized spacial score (nSPS) is 14.7. The molecule has 0 heterocycles. The maximum absolute atomic E-state index is 10.3. The summed E-state index contributed by atoms with van der Waals surface area (Å²) in [5.41, 5.74) is 0.944. The van der Waals surface area contributed by atoms with Crippen LogP contribution in [0.15, 0.2) is 36.4 Å². The molecular weight excluding hydrogens is 220 g/mol. The van der Waals surface area contributed by atoms with Crippen molar-refractivity contribution < 1.29 is 20.1 Å². The second kappa shape index (κ2) is 6.83. The minimum atomic E-state index is -1.07. The minimum absolute atomic E-state index is 0.0234. The zero-order chi connectivity index (χ0) is 12.7. The number of carboxylic acid groups (broad SMARTS) is 1. The molecule has 2 atom stereocenters. The Morgan fingerprint density at radius 3 is 2.47 bits per heavy atom. The second-order valence-corrected chi connectivity index (χ2v) is 3.82. The summed E-state index contributed by atoms with van der Waals surface area (Å²) in [6, 6.07) is 9.43. The Balaban J connectivity index is 2.41. The van der Waals surface area contributed by atoms with Crippen molar-refractivity contribution in [3.8, 4) is 0 Å². The molecule has 0 aliphatic carbocycles. The van der Waals surface area contributed by atoms with E-state index in [4.69, 9.17) is 5.11 Å². The minimum Gasteiger partial charge on any atom is -0.481 e. The Labute approximate surface area is 99.8 Å². The molecular formula is C13H16O4. The van der Waals surface area contributed by atoms with E-state index in [9.17, 15) is 15.0 Å². The molecule has 0 aliphatic rings. The van der Waals surface area contributed by atoms with Crippen molar-refractivity contribution in [3.05, 3.63) is 42.0 Å². The van der Waals surface area contributed by atoms with E-state index in [1.807, 2.05) is 30.3 Å². The van der Waals surface area contributed by atoms with Crippen molar-refractivity contribution in [2.24, 2.45) is 0 Å². The molecule has 0 bridgehead atoms. The number of benzene rings is 1. The van der Waals surface area contributed by atoms with Crippen molar-refractivity contribution in [2.75, 3.05) is 0 Å². The van der Waals surface area contributed by atoms with Gasteiger partial charge in [0.25, 0.3) is 0 Å². The van der Waals surface area contributed by atoms with Crippen LogP contribution in [-0.2, 0) is 4.79 Å². The summed E-state index contributed by atoms with van der Waals surface area (Å²) in [5, 5.41) is 27.3. The van der Waals surface area contributed by atoms with Gasteiger partial charge in [0.2, 0.25) is 0 Å². The van der Waals surface area contributed by atoms with Crippen molar-refractivity contribution in [2.45, 2.75) is 25.0 Å². The average Bonchev–Trinajstić information content (AvgIpc) is 2.26. The lowest BCUT2D eigenvalue weighted by atomic mass is 10.1. The Morgan fingerprint density at radius 1 is 1.24 bits per heavy atom. The van der Waals surface area contributed by atoms with Crippen LogP contribution in [0, 0.1) is 0 Å². The fourth-order valence-corrected chi connectivity index (χ4v) is 1.43. The summed E-state index contributed by atoms with van der Waals surface area (Å²) >= 11 is 0. The van der Waals surface area contributed by atoms with Gasteiger partial charge in [-0.1, -0.05) is 42.5 Å². The summed E-state index contributed by atoms with van der Waals surface area (Å²) in [6.45, 7) is 0. The summed E-state index contributed by atoms with van der Waals surface area (Å²) in [5.74, 6) is -1.07. The van der Waals surface area contributed by atoms with E-state index < -0.39 is 18.2 Å². The molecule has 4 nitrogen and oxygen atoms in total. The molecule has 0 aromatic heterocycles. The Morgan fingerprint density at radius 2 is 1.88 bits per heavy atom. The highest BCUT2D eigenvalue weighted by Gasteiger charge is 2.12. The van der Waals surface area contributed by atoms with E-state index in [0.29, 0.717) is 0 Å². The third-order valence-electron chi connectivity index (χ3n) is 2.23. The van der Waals surface area contributed by atoms with Crippen LogP contribution >= 0.6 is 0 Å². The lowest BCUT2D eigenvalue weighted by Crippen LogP contribution is -2.19. The van der Waals surface area contributed by atoms with Crippen LogP contribution in [-0.4, -0.2) is 33.5 Å². The highest BCUT2D eigenvalue weighted by atomic mass is 16.4. The number of aliphatic hydroxyl groups excluding tert-OH is 2. The van der Waals surface area contributed by atoms with E-state index in [-0.39, 0.29) is 12.8 Å². The van der Waals surface area contributed by atoms with Crippen LogP contribution in [0.25, 0.3) is 6.08 Å². The molecule has 1 aromatic carbocycles. The zero-order valence-electron chi connectivity index (χ0n) is 9.36. The largest absolute Gasteiger partial charge is 0.481 e. The van der Waals surface area contributed by atoms with Crippen molar-refractivity contribution >= 4 is 12.0 Å². The predicted octanol–water partition coefficient (Wildman–Crippen LogP) is 1.29. The molecule has 4 heteroatoms. The molecule has 0 aliphatic heterocycles. The van der Waals surface area contributed by atoms with Crippen molar-refractivity contribution in [1.82, 2.24) is 0 Å². The van der Waals surface area contributed by atoms with Gasteiger partial charge in [-0.2, -0.15) is 0 Å². The maximum Gasteiger partial charge on any atom is 0.305 e. The van der Waals surface area contributed by atoms with E-state index in [2.05, 4.69) is 0 Å². The summed E-state index contributed by atoms with van der Waals surface area (Å²) < 4.78 is 0. The van der Waals surface area contributed by atoms with Crippen LogP contribution in [0.2, 0.25) is 0 Å². The van der Waals surface area contributed by atoms with Gasteiger partial charge in [0.15, 0.2) is 0 Å². The zero-order valence-corrected chi connectivity index (χ0v) is 9.36. The van der Waals surface area contributed by atoms with Gasteiger partial charge in [-0.25, -0.2) is 0 Å². The number of aliphatic hydroxyl groups is 2. The molecule has 0 unspecified atom stereocenters. The molecule has 0 spiro atoms. The quantitative estimate of drug-likeness (QED) is 0.695. The first-order valence-electron chi connectivity index (χ1n) is 5.39. The molecule has 0 fully saturated rings. The molecule has 3 N–H and O–H groups in total. The fourth-order valence-electron chi connectivity index (χ4n) is 1.43. The highest BCUT2D eigenvalue weighted by Crippen LogP contribution is 2.07. The topological polar surface area (TPSA) is 77.8 Å². The molecule has 92 valence electrons. The Hall–Kier alpha value is -1.65. The summed E-state index contributed by atoms with van der Waals surface area (Å²) in [7, 11) is 0. The first-order chi connectivity index (χ1) is 8.08. The molecule has 0 radical (unpaired) electrons. The van der Waals surface area contributed by atoms with Gasteiger partial charge in [0.05, 0.1) is 18.6 Å². The van der Waals surface area contributed by atoms with Gasteiger partial charge in [0.1, 0.15) is 0 Å². The number of hydrogen-bond donors (Lipinski definition) is 3. The first-order valence-corrected chi connectivity index (χ1v) is 5.39. The van der Waals surface area contributed by atoms with Gasteiger partial charge in [-0.05, 0) is 5.56 Å². The number of carboxylic acids is 1. The van der Waals surface area contributed by atoms with E-state index in [1.165, 1.54) is 0 Å². The van der Waals surface area contributed by atoms with Gasteiger partial charge in [-0.3, -0.25) is 4.79 Å². The lowest BCUT2D eigenvalue weighted by Gasteiger charge is -2.10. The third-order valence-corrected chi connectivity index (χ3v) is 2.23. The number of carbonyl (C=O) groups is 1. The van der Waals surface area contributed by atoms with Crippen LogP contribution in [0.3, 0.4) is 0 Å². The van der Waals surface area contributed by atoms with Crippen molar-refractivity contribution in [1.29, 1.82) is 0 Å². The fraction of sp³-hybridized carbons (Fsp3) is 0.308. The van der Waals surface area contributed by atoms with Crippen LogP contribution < -0.4 is 0 Å². The smallest absolute Gasteiger partial charge is 0.305 e. The molecule has 1 aromatic rings.